The lowest BCUT2D eigenvalue weighted by Crippen LogP contribution is -2.30. The summed E-state index contributed by atoms with van der Waals surface area (Å²) in [4.78, 5) is 0. The first-order valence-electron chi connectivity index (χ1n) is 10.7. The number of fused-ring (bicyclic) bond motifs is 2. The molecule has 2 aromatic rings. The summed E-state index contributed by atoms with van der Waals surface area (Å²) in [6.45, 7) is 5.48. The zero-order valence-corrected chi connectivity index (χ0v) is 17.7. The molecule has 2 aliphatic rings. The second-order valence-electron chi connectivity index (χ2n) is 8.70. The molecule has 0 saturated heterocycles. The van der Waals surface area contributed by atoms with Gasteiger partial charge in [0.2, 0.25) is 0 Å². The number of hydrogen-bond acceptors (Lipinski definition) is 2. The quantitative estimate of drug-likeness (QED) is 0.436. The third-order valence-electron chi connectivity index (χ3n) is 7.01. The molecule has 1 spiro atoms. The normalized spacial score (nSPS) is 20.7. The van der Waals surface area contributed by atoms with Crippen molar-refractivity contribution in [3.05, 3.63) is 70.3 Å². The average Bonchev–Trinajstić information content (AvgIpc) is 3.16. The van der Waals surface area contributed by atoms with Gasteiger partial charge in [0.05, 0.1) is 0 Å². The van der Waals surface area contributed by atoms with Crippen LogP contribution in [0.5, 0.6) is 0 Å². The summed E-state index contributed by atoms with van der Waals surface area (Å²) in [5, 5.41) is 0. The molecule has 1 saturated carbocycles. The van der Waals surface area contributed by atoms with E-state index < -0.39 is 0 Å². The Morgan fingerprint density at radius 1 is 1.00 bits per heavy atom. The molecule has 0 heterocycles. The van der Waals surface area contributed by atoms with Gasteiger partial charge < -0.3 is 0 Å². The van der Waals surface area contributed by atoms with Crippen LogP contribution in [0.1, 0.15) is 78.7 Å². The van der Waals surface area contributed by atoms with E-state index in [-0.39, 0.29) is 0 Å². The maximum absolute atomic E-state index is 3.62. The second kappa shape index (κ2) is 8.41. The van der Waals surface area contributed by atoms with E-state index in [4.69, 9.17) is 0 Å². The van der Waals surface area contributed by atoms with E-state index in [1.54, 1.807) is 11.1 Å². The minimum Gasteiger partial charge on any atom is -0.264 e. The van der Waals surface area contributed by atoms with Crippen LogP contribution in [-0.4, -0.2) is 6.54 Å². The summed E-state index contributed by atoms with van der Waals surface area (Å²) >= 11 is 1.86. The molecule has 27 heavy (non-hydrogen) atoms. The van der Waals surface area contributed by atoms with Gasteiger partial charge in [0.25, 0.3) is 0 Å². The molecule has 1 nitrogen and oxygen atoms in total. The second-order valence-corrected chi connectivity index (χ2v) is 9.57. The van der Waals surface area contributed by atoms with Crippen LogP contribution in [0.4, 0.5) is 0 Å². The molecule has 0 radical (unpaired) electrons. The van der Waals surface area contributed by atoms with E-state index in [1.807, 2.05) is 11.9 Å². The molecular formula is C25H33NS. The number of hydrogen-bond donors (Lipinski definition) is 1. The third kappa shape index (κ3) is 4.12. The maximum atomic E-state index is 3.62. The number of rotatable bonds is 6. The highest BCUT2D eigenvalue weighted by Crippen LogP contribution is 2.52. The van der Waals surface area contributed by atoms with Gasteiger partial charge in [-0.15, -0.1) is 0 Å². The van der Waals surface area contributed by atoms with E-state index >= 15 is 0 Å². The van der Waals surface area contributed by atoms with E-state index in [9.17, 15) is 0 Å². The number of aryl methyl sites for hydroxylation is 2. The summed E-state index contributed by atoms with van der Waals surface area (Å²) in [6, 6.07) is 16.2. The first kappa shape index (κ1) is 19.1. The molecule has 0 aromatic heterocycles. The van der Waals surface area contributed by atoms with Crippen molar-refractivity contribution in [2.45, 2.75) is 75.9 Å². The Bertz CT molecular complexity index is 776. The molecule has 1 unspecified atom stereocenters. The molecule has 2 aliphatic carbocycles. The lowest BCUT2D eigenvalue weighted by molar-refractivity contribution is 0.336. The van der Waals surface area contributed by atoms with Crippen molar-refractivity contribution in [2.75, 3.05) is 6.54 Å². The van der Waals surface area contributed by atoms with E-state index in [1.165, 1.54) is 61.6 Å². The van der Waals surface area contributed by atoms with Crippen molar-refractivity contribution in [1.29, 1.82) is 0 Å². The topological polar surface area (TPSA) is 12.0 Å². The minimum absolute atomic E-state index is 0.526. The first-order chi connectivity index (χ1) is 13.2. The smallest absolute Gasteiger partial charge is 0.0330 e. The maximum Gasteiger partial charge on any atom is 0.0330 e. The molecule has 1 atom stereocenters. The highest BCUT2D eigenvalue weighted by molar-refractivity contribution is 7.96. The Balaban J connectivity index is 1.30. The summed E-state index contributed by atoms with van der Waals surface area (Å²) in [6.07, 6.45) is 9.73. The summed E-state index contributed by atoms with van der Waals surface area (Å²) < 4.78 is 3.62. The molecule has 1 fully saturated rings. The zero-order valence-electron chi connectivity index (χ0n) is 16.9. The fraction of sp³-hybridized carbons (Fsp3) is 0.520. The summed E-state index contributed by atoms with van der Waals surface area (Å²) in [5.74, 6) is 1.79. The summed E-state index contributed by atoms with van der Waals surface area (Å²) in [5.41, 5.74) is 8.08. The van der Waals surface area contributed by atoms with Gasteiger partial charge in [-0.2, -0.15) is 0 Å². The van der Waals surface area contributed by atoms with Gasteiger partial charge in [-0.25, -0.2) is 0 Å². The highest BCUT2D eigenvalue weighted by atomic mass is 32.2. The van der Waals surface area contributed by atoms with Crippen LogP contribution in [-0.2, 0) is 11.2 Å². The van der Waals surface area contributed by atoms with Gasteiger partial charge in [0.1, 0.15) is 0 Å². The molecule has 2 aromatic carbocycles. The average molecular weight is 380 g/mol. The van der Waals surface area contributed by atoms with Crippen molar-refractivity contribution < 1.29 is 0 Å². The zero-order chi connectivity index (χ0) is 18.7. The monoisotopic (exact) mass is 379 g/mol. The van der Waals surface area contributed by atoms with Gasteiger partial charge in [0.15, 0.2) is 0 Å². The predicted molar refractivity (Wildman–Crippen MR) is 118 cm³/mol. The van der Waals surface area contributed by atoms with Crippen molar-refractivity contribution in [3.8, 4) is 0 Å². The van der Waals surface area contributed by atoms with Crippen LogP contribution in [0.3, 0.4) is 0 Å². The summed E-state index contributed by atoms with van der Waals surface area (Å²) in [7, 11) is 0. The first-order valence-corrected chi connectivity index (χ1v) is 11.7. The van der Waals surface area contributed by atoms with Gasteiger partial charge in [-0.05, 0) is 85.1 Å². The van der Waals surface area contributed by atoms with Gasteiger partial charge in [-0.3, -0.25) is 4.72 Å². The minimum atomic E-state index is 0.526. The number of benzene rings is 2. The fourth-order valence-electron chi connectivity index (χ4n) is 5.28. The molecule has 0 bridgehead atoms. The van der Waals surface area contributed by atoms with Crippen LogP contribution < -0.4 is 4.72 Å². The SMILES string of the molecule is Cc1ccc(CSNCCC2CCC3(CCCC3)c3ccccc32)cc1C. The van der Waals surface area contributed by atoms with E-state index in [0.717, 1.165) is 18.2 Å². The molecule has 0 amide bonds. The van der Waals surface area contributed by atoms with Gasteiger partial charge in [0, 0.05) is 12.3 Å². The van der Waals surface area contributed by atoms with Crippen LogP contribution in [0.25, 0.3) is 0 Å². The molecule has 0 aliphatic heterocycles. The fourth-order valence-corrected chi connectivity index (χ4v) is 5.99. The lowest BCUT2D eigenvalue weighted by atomic mass is 9.65. The Hall–Kier alpha value is -1.25. The molecule has 2 heteroatoms. The number of nitrogens with one attached hydrogen (secondary N) is 1. The molecular weight excluding hydrogens is 346 g/mol. The van der Waals surface area contributed by atoms with Crippen molar-refractivity contribution >= 4 is 11.9 Å². The van der Waals surface area contributed by atoms with Gasteiger partial charge in [-0.1, -0.05) is 67.3 Å². The van der Waals surface area contributed by atoms with Crippen LogP contribution in [0.2, 0.25) is 0 Å². The largest absolute Gasteiger partial charge is 0.264 e. The van der Waals surface area contributed by atoms with Gasteiger partial charge >= 0.3 is 0 Å². The van der Waals surface area contributed by atoms with E-state index in [2.05, 4.69) is 61.0 Å². The van der Waals surface area contributed by atoms with Crippen molar-refractivity contribution in [2.24, 2.45) is 0 Å². The molecule has 4 rings (SSSR count). The van der Waals surface area contributed by atoms with Crippen molar-refractivity contribution in [3.63, 3.8) is 0 Å². The predicted octanol–water partition coefficient (Wildman–Crippen LogP) is 6.82. The Labute approximate surface area is 169 Å². The third-order valence-corrected chi connectivity index (χ3v) is 7.90. The molecule has 1 N–H and O–H groups in total. The standard InChI is InChI=1S/C25H33NS/c1-19-9-10-21(17-20(19)2)18-27-26-16-12-22-11-15-25(13-5-6-14-25)24-8-4-3-7-23(22)24/h3-4,7-10,17,22,26H,5-6,11-16,18H2,1-2H3. The Kier molecular flexibility index (Phi) is 5.94. The molecule has 144 valence electrons. The van der Waals surface area contributed by atoms with Crippen LogP contribution >= 0.6 is 11.9 Å². The van der Waals surface area contributed by atoms with Crippen molar-refractivity contribution in [1.82, 2.24) is 4.72 Å². The Morgan fingerprint density at radius 2 is 1.81 bits per heavy atom. The lowest BCUT2D eigenvalue weighted by Gasteiger charge is -2.40. The van der Waals surface area contributed by atoms with E-state index in [0.29, 0.717) is 5.41 Å². The highest BCUT2D eigenvalue weighted by Gasteiger charge is 2.41. The van der Waals surface area contributed by atoms with Crippen LogP contribution in [0.15, 0.2) is 42.5 Å². The Morgan fingerprint density at radius 3 is 2.63 bits per heavy atom. The van der Waals surface area contributed by atoms with Crippen LogP contribution in [0, 0.1) is 13.8 Å².